The number of para-hydroxylation sites is 3. The number of fused-ring (bicyclic) bond motifs is 8. The van der Waals surface area contributed by atoms with Crippen molar-refractivity contribution in [3.05, 3.63) is 218 Å². The molecule has 0 saturated heterocycles. The second kappa shape index (κ2) is 13.8. The monoisotopic (exact) mass is 764 g/mol. The van der Waals surface area contributed by atoms with Crippen molar-refractivity contribution < 1.29 is 0 Å². The van der Waals surface area contributed by atoms with Gasteiger partial charge < -0.3 is 9.13 Å². The molecule has 9 aromatic carbocycles. The molecule has 4 nitrogen and oxygen atoms in total. The van der Waals surface area contributed by atoms with Gasteiger partial charge in [-0.25, -0.2) is 9.97 Å². The Bertz CT molecular complexity index is 3580. The lowest BCUT2D eigenvalue weighted by Gasteiger charge is -2.14. The van der Waals surface area contributed by atoms with E-state index in [9.17, 15) is 0 Å². The van der Waals surface area contributed by atoms with Gasteiger partial charge in [-0.05, 0) is 76.5 Å². The van der Waals surface area contributed by atoms with E-state index in [1.54, 1.807) is 0 Å². The molecular formula is C56H36N4. The van der Waals surface area contributed by atoms with Crippen LogP contribution in [0.5, 0.6) is 0 Å². The molecule has 0 N–H and O–H groups in total. The number of nitrogens with zero attached hydrogens (tertiary/aromatic N) is 4. The summed E-state index contributed by atoms with van der Waals surface area (Å²) in [6.07, 6.45) is 0. The average molecular weight is 765 g/mol. The van der Waals surface area contributed by atoms with Crippen LogP contribution in [0.4, 0.5) is 0 Å². The molecule has 3 heterocycles. The highest BCUT2D eigenvalue weighted by molar-refractivity contribution is 6.26. The number of benzene rings is 9. The van der Waals surface area contributed by atoms with Gasteiger partial charge in [-0.2, -0.15) is 0 Å². The van der Waals surface area contributed by atoms with Crippen LogP contribution in [0.1, 0.15) is 0 Å². The number of aromatic nitrogens is 4. The quantitative estimate of drug-likeness (QED) is 0.169. The third-order valence-electron chi connectivity index (χ3n) is 11.9. The highest BCUT2D eigenvalue weighted by Crippen LogP contribution is 2.42. The molecule has 0 aliphatic heterocycles. The molecule has 0 saturated carbocycles. The summed E-state index contributed by atoms with van der Waals surface area (Å²) in [5.74, 6) is 0.689. The third-order valence-corrected chi connectivity index (χ3v) is 11.9. The fourth-order valence-electron chi connectivity index (χ4n) is 9.19. The van der Waals surface area contributed by atoms with Gasteiger partial charge in [-0.1, -0.05) is 164 Å². The maximum Gasteiger partial charge on any atom is 0.160 e. The van der Waals surface area contributed by atoms with Crippen molar-refractivity contribution in [1.82, 2.24) is 19.1 Å². The highest BCUT2D eigenvalue weighted by Gasteiger charge is 2.21. The van der Waals surface area contributed by atoms with E-state index in [2.05, 4.69) is 221 Å². The zero-order valence-corrected chi connectivity index (χ0v) is 32.6. The Morgan fingerprint density at radius 2 is 0.933 bits per heavy atom. The molecule has 0 bridgehead atoms. The van der Waals surface area contributed by atoms with Crippen LogP contribution in [0.25, 0.3) is 111 Å². The summed E-state index contributed by atoms with van der Waals surface area (Å²) in [7, 11) is 0. The van der Waals surface area contributed by atoms with E-state index in [4.69, 9.17) is 9.97 Å². The van der Waals surface area contributed by atoms with E-state index in [1.807, 2.05) is 6.07 Å². The lowest BCUT2D eigenvalue weighted by Crippen LogP contribution is -1.97. The summed E-state index contributed by atoms with van der Waals surface area (Å²) < 4.78 is 4.86. The minimum atomic E-state index is 0.689. The first kappa shape index (κ1) is 34.0. The largest absolute Gasteiger partial charge is 0.309 e. The van der Waals surface area contributed by atoms with Crippen molar-refractivity contribution in [3.63, 3.8) is 0 Å². The van der Waals surface area contributed by atoms with Crippen molar-refractivity contribution >= 4 is 54.4 Å². The smallest absolute Gasteiger partial charge is 0.160 e. The van der Waals surface area contributed by atoms with Crippen LogP contribution in [0.15, 0.2) is 218 Å². The number of hydrogen-bond acceptors (Lipinski definition) is 2. The number of rotatable bonds is 6. The van der Waals surface area contributed by atoms with E-state index in [0.717, 1.165) is 61.4 Å². The maximum atomic E-state index is 5.32. The van der Waals surface area contributed by atoms with E-state index >= 15 is 0 Å². The van der Waals surface area contributed by atoms with Gasteiger partial charge in [0, 0.05) is 49.6 Å². The van der Waals surface area contributed by atoms with E-state index in [-0.39, 0.29) is 0 Å². The van der Waals surface area contributed by atoms with Crippen LogP contribution in [0.3, 0.4) is 0 Å². The van der Waals surface area contributed by atoms with Gasteiger partial charge in [0.05, 0.1) is 33.5 Å². The standard InChI is InChI=1S/C56H36N4/c1-4-16-38(17-5-1)44-22-10-11-23-45(44)50-36-49(39-18-6-2-7-19-39)57-56(58-50)40-29-28-37-30-31-43(35-41(37)34-40)60-51-26-14-12-24-46(51)47-32-33-53-54(55(47)60)48-25-13-15-27-52(48)59(53)42-20-8-3-9-21-42/h1-36H. The number of hydrogen-bond donors (Lipinski definition) is 0. The van der Waals surface area contributed by atoms with Crippen molar-refractivity contribution in [3.8, 4) is 56.4 Å². The fraction of sp³-hybridized carbons (Fsp3) is 0. The zero-order chi connectivity index (χ0) is 39.6. The average Bonchev–Trinajstić information content (AvgIpc) is 3.85. The van der Waals surface area contributed by atoms with Gasteiger partial charge in [0.15, 0.2) is 5.82 Å². The van der Waals surface area contributed by atoms with Crippen LogP contribution in [-0.4, -0.2) is 19.1 Å². The molecule has 0 atom stereocenters. The Morgan fingerprint density at radius 3 is 1.72 bits per heavy atom. The molecule has 280 valence electrons. The van der Waals surface area contributed by atoms with Crippen LogP contribution in [-0.2, 0) is 0 Å². The summed E-state index contributed by atoms with van der Waals surface area (Å²) in [6.45, 7) is 0. The summed E-state index contributed by atoms with van der Waals surface area (Å²) in [5, 5.41) is 7.21. The van der Waals surface area contributed by atoms with Crippen LogP contribution in [0.2, 0.25) is 0 Å². The maximum absolute atomic E-state index is 5.32. The molecular weight excluding hydrogens is 729 g/mol. The van der Waals surface area contributed by atoms with E-state index < -0.39 is 0 Å². The molecule has 12 aromatic rings. The van der Waals surface area contributed by atoms with E-state index in [1.165, 1.54) is 43.6 Å². The Labute approximate surface area is 346 Å². The molecule has 0 spiro atoms. The summed E-state index contributed by atoms with van der Waals surface area (Å²) >= 11 is 0. The van der Waals surface area contributed by atoms with Crippen molar-refractivity contribution in [2.75, 3.05) is 0 Å². The molecule has 0 unspecified atom stereocenters. The first-order valence-corrected chi connectivity index (χ1v) is 20.4. The van der Waals surface area contributed by atoms with Gasteiger partial charge in [-0.15, -0.1) is 0 Å². The zero-order valence-electron chi connectivity index (χ0n) is 32.6. The summed E-state index contributed by atoms with van der Waals surface area (Å²) in [6, 6.07) is 77.9. The second-order valence-electron chi connectivity index (χ2n) is 15.4. The fourth-order valence-corrected chi connectivity index (χ4v) is 9.19. The third kappa shape index (κ3) is 5.46. The second-order valence-corrected chi connectivity index (χ2v) is 15.4. The molecule has 3 aromatic heterocycles. The van der Waals surface area contributed by atoms with Crippen LogP contribution < -0.4 is 0 Å². The Balaban J connectivity index is 1.07. The van der Waals surface area contributed by atoms with Gasteiger partial charge in [0.25, 0.3) is 0 Å². The topological polar surface area (TPSA) is 35.6 Å². The lowest BCUT2D eigenvalue weighted by atomic mass is 9.96. The normalized spacial score (nSPS) is 11.7. The molecule has 12 rings (SSSR count). The van der Waals surface area contributed by atoms with Gasteiger partial charge >= 0.3 is 0 Å². The predicted octanol–water partition coefficient (Wildman–Crippen LogP) is 14.5. The Kier molecular flexibility index (Phi) is 7.82. The lowest BCUT2D eigenvalue weighted by molar-refractivity contribution is 1.17. The molecule has 4 heteroatoms. The molecule has 0 aliphatic rings. The molecule has 0 radical (unpaired) electrons. The van der Waals surface area contributed by atoms with E-state index in [0.29, 0.717) is 5.82 Å². The Hall–Kier alpha value is -8.08. The molecule has 60 heavy (non-hydrogen) atoms. The highest BCUT2D eigenvalue weighted by atomic mass is 15.0. The van der Waals surface area contributed by atoms with Crippen LogP contribution in [0, 0.1) is 0 Å². The Morgan fingerprint density at radius 1 is 0.317 bits per heavy atom. The first-order chi connectivity index (χ1) is 29.8. The summed E-state index contributed by atoms with van der Waals surface area (Å²) in [5.41, 5.74) is 14.1. The summed E-state index contributed by atoms with van der Waals surface area (Å²) in [4.78, 5) is 10.6. The minimum Gasteiger partial charge on any atom is -0.309 e. The molecule has 0 amide bonds. The van der Waals surface area contributed by atoms with Gasteiger partial charge in [0.2, 0.25) is 0 Å². The predicted molar refractivity (Wildman–Crippen MR) is 250 cm³/mol. The van der Waals surface area contributed by atoms with Crippen molar-refractivity contribution in [2.24, 2.45) is 0 Å². The van der Waals surface area contributed by atoms with Crippen molar-refractivity contribution in [1.29, 1.82) is 0 Å². The molecule has 0 fully saturated rings. The minimum absolute atomic E-state index is 0.689. The molecule has 0 aliphatic carbocycles. The first-order valence-electron chi connectivity index (χ1n) is 20.4. The van der Waals surface area contributed by atoms with Gasteiger partial charge in [-0.3, -0.25) is 0 Å². The van der Waals surface area contributed by atoms with Crippen LogP contribution >= 0.6 is 0 Å². The van der Waals surface area contributed by atoms with Gasteiger partial charge in [0.1, 0.15) is 0 Å². The van der Waals surface area contributed by atoms with Crippen molar-refractivity contribution in [2.45, 2.75) is 0 Å². The SMILES string of the molecule is c1ccc(-c2cc(-c3ccccc3-c3ccccc3)nc(-c3ccc4ccc(-n5c6ccccc6c6ccc7c(c8ccccc8n7-c7ccccc7)c65)cc4c3)n2)cc1.